The Morgan fingerprint density at radius 1 is 1.42 bits per heavy atom. The van der Waals surface area contributed by atoms with Gasteiger partial charge in [0.05, 0.1) is 17.7 Å². The summed E-state index contributed by atoms with van der Waals surface area (Å²) >= 11 is 3.07. The Kier molecular flexibility index (Phi) is 5.37. The van der Waals surface area contributed by atoms with Crippen LogP contribution >= 0.6 is 15.9 Å². The lowest BCUT2D eigenvalue weighted by Gasteiger charge is -2.21. The third kappa shape index (κ3) is 3.94. The summed E-state index contributed by atoms with van der Waals surface area (Å²) in [5, 5.41) is 8.83. The summed E-state index contributed by atoms with van der Waals surface area (Å²) in [6.45, 7) is 1.84. The van der Waals surface area contributed by atoms with Gasteiger partial charge in [-0.1, -0.05) is 0 Å². The summed E-state index contributed by atoms with van der Waals surface area (Å²) in [6.07, 6.45) is -4.50. The number of hydrogen-bond acceptors (Lipinski definition) is 2. The highest BCUT2D eigenvalue weighted by Crippen LogP contribution is 2.32. The number of carbonyl (C=O) groups is 1. The van der Waals surface area contributed by atoms with E-state index in [2.05, 4.69) is 15.9 Å². The van der Waals surface area contributed by atoms with E-state index >= 15 is 0 Å². The number of amides is 1. The molecule has 0 fully saturated rings. The van der Waals surface area contributed by atoms with Crippen molar-refractivity contribution >= 4 is 21.8 Å². The smallest absolute Gasteiger partial charge is 0.395 e. The van der Waals surface area contributed by atoms with Crippen molar-refractivity contribution in [3.63, 3.8) is 0 Å². The standard InChI is InChI=1S/C12H13BrF3NO2/c1-2-17(5-6-18)11(19)9-7-8(12(14,15)16)3-4-10(9)13/h3-4,7,18H,2,5-6H2,1H3. The summed E-state index contributed by atoms with van der Waals surface area (Å²) in [5.41, 5.74) is -0.941. The summed E-state index contributed by atoms with van der Waals surface area (Å²) in [4.78, 5) is 13.4. The maximum Gasteiger partial charge on any atom is 0.416 e. The van der Waals surface area contributed by atoms with Gasteiger partial charge in [-0.25, -0.2) is 0 Å². The van der Waals surface area contributed by atoms with Crippen LogP contribution < -0.4 is 0 Å². The molecule has 0 aliphatic rings. The molecule has 0 aromatic heterocycles. The maximum atomic E-state index is 12.6. The van der Waals surface area contributed by atoms with Gasteiger partial charge in [0.1, 0.15) is 0 Å². The van der Waals surface area contributed by atoms with Crippen LogP contribution in [0.5, 0.6) is 0 Å². The predicted octanol–water partition coefficient (Wildman–Crippen LogP) is 2.92. The number of halogens is 4. The summed E-state index contributed by atoms with van der Waals surface area (Å²) in [6, 6.07) is 2.92. The number of alkyl halides is 3. The number of aliphatic hydroxyl groups is 1. The van der Waals surface area contributed by atoms with Crippen molar-refractivity contribution in [2.24, 2.45) is 0 Å². The highest BCUT2D eigenvalue weighted by atomic mass is 79.9. The number of nitrogens with zero attached hydrogens (tertiary/aromatic N) is 1. The normalized spacial score (nSPS) is 11.5. The van der Waals surface area contributed by atoms with E-state index in [0.29, 0.717) is 11.0 Å². The fraction of sp³-hybridized carbons (Fsp3) is 0.417. The molecule has 106 valence electrons. The van der Waals surface area contributed by atoms with Gasteiger partial charge in [0.25, 0.3) is 5.91 Å². The topological polar surface area (TPSA) is 40.5 Å². The molecule has 0 saturated carbocycles. The molecule has 1 aromatic carbocycles. The summed E-state index contributed by atoms with van der Waals surface area (Å²) < 4.78 is 38.1. The van der Waals surface area contributed by atoms with E-state index in [9.17, 15) is 18.0 Å². The Balaban J connectivity index is 3.15. The quantitative estimate of drug-likeness (QED) is 0.916. The number of carbonyl (C=O) groups excluding carboxylic acids is 1. The third-order valence-corrected chi connectivity index (χ3v) is 3.25. The lowest BCUT2D eigenvalue weighted by atomic mass is 10.1. The Bertz CT molecular complexity index is 463. The van der Waals surface area contributed by atoms with Crippen molar-refractivity contribution in [3.8, 4) is 0 Å². The van der Waals surface area contributed by atoms with Gasteiger partial charge < -0.3 is 10.0 Å². The van der Waals surface area contributed by atoms with E-state index in [1.807, 2.05) is 0 Å². The highest BCUT2D eigenvalue weighted by Gasteiger charge is 2.32. The first-order chi connectivity index (χ1) is 8.81. The molecule has 1 aromatic rings. The van der Waals surface area contributed by atoms with Gasteiger partial charge in [0.15, 0.2) is 0 Å². The minimum atomic E-state index is -4.50. The van der Waals surface area contributed by atoms with Crippen LogP contribution in [0.1, 0.15) is 22.8 Å². The fourth-order valence-electron chi connectivity index (χ4n) is 1.56. The number of likely N-dealkylation sites (N-methyl/N-ethyl adjacent to an activating group) is 1. The molecular formula is C12H13BrF3NO2. The zero-order chi connectivity index (χ0) is 14.6. The van der Waals surface area contributed by atoms with Crippen molar-refractivity contribution in [3.05, 3.63) is 33.8 Å². The Labute approximate surface area is 117 Å². The lowest BCUT2D eigenvalue weighted by Crippen LogP contribution is -2.33. The number of rotatable bonds is 4. The van der Waals surface area contributed by atoms with Crippen LogP contribution in [0.3, 0.4) is 0 Å². The minimum Gasteiger partial charge on any atom is -0.395 e. The molecule has 0 heterocycles. The van der Waals surface area contributed by atoms with E-state index in [4.69, 9.17) is 5.11 Å². The van der Waals surface area contributed by atoms with E-state index in [0.717, 1.165) is 12.1 Å². The molecule has 0 atom stereocenters. The fourth-order valence-corrected chi connectivity index (χ4v) is 1.98. The van der Waals surface area contributed by atoms with Gasteiger partial charge in [-0.05, 0) is 41.1 Å². The van der Waals surface area contributed by atoms with E-state index in [1.165, 1.54) is 11.0 Å². The zero-order valence-corrected chi connectivity index (χ0v) is 11.8. The van der Waals surface area contributed by atoms with Gasteiger partial charge in [-0.3, -0.25) is 4.79 Å². The average Bonchev–Trinajstić information content (AvgIpc) is 2.34. The average molecular weight is 340 g/mol. The molecule has 0 radical (unpaired) electrons. The molecule has 0 aliphatic heterocycles. The van der Waals surface area contributed by atoms with Crippen molar-refractivity contribution in [2.75, 3.05) is 19.7 Å². The molecule has 1 amide bonds. The molecule has 1 rings (SSSR count). The van der Waals surface area contributed by atoms with Gasteiger partial charge in [0, 0.05) is 17.6 Å². The Morgan fingerprint density at radius 2 is 2.05 bits per heavy atom. The SMILES string of the molecule is CCN(CCO)C(=O)c1cc(C(F)(F)F)ccc1Br. The van der Waals surface area contributed by atoms with Gasteiger partial charge >= 0.3 is 6.18 Å². The van der Waals surface area contributed by atoms with Gasteiger partial charge in [-0.2, -0.15) is 13.2 Å². The van der Waals surface area contributed by atoms with Gasteiger partial charge in [-0.15, -0.1) is 0 Å². The third-order valence-electron chi connectivity index (χ3n) is 2.56. The molecule has 0 unspecified atom stereocenters. The molecule has 0 aliphatic carbocycles. The molecule has 3 nitrogen and oxygen atoms in total. The highest BCUT2D eigenvalue weighted by molar-refractivity contribution is 9.10. The second-order valence-corrected chi connectivity index (χ2v) is 4.66. The summed E-state index contributed by atoms with van der Waals surface area (Å²) in [7, 11) is 0. The largest absolute Gasteiger partial charge is 0.416 e. The molecule has 0 bridgehead atoms. The van der Waals surface area contributed by atoms with Crippen LogP contribution in [0.4, 0.5) is 13.2 Å². The molecule has 0 spiro atoms. The van der Waals surface area contributed by atoms with Crippen LogP contribution in [0.25, 0.3) is 0 Å². The molecular weight excluding hydrogens is 327 g/mol. The Hall–Kier alpha value is -1.08. The molecule has 7 heteroatoms. The van der Waals surface area contributed by atoms with Crippen LogP contribution in [0.15, 0.2) is 22.7 Å². The monoisotopic (exact) mass is 339 g/mol. The maximum absolute atomic E-state index is 12.6. The van der Waals surface area contributed by atoms with E-state index in [-0.39, 0.29) is 18.7 Å². The molecule has 1 N–H and O–H groups in total. The second kappa shape index (κ2) is 6.38. The number of hydrogen-bond donors (Lipinski definition) is 1. The Morgan fingerprint density at radius 3 is 2.53 bits per heavy atom. The first kappa shape index (κ1) is 16.0. The first-order valence-electron chi connectivity index (χ1n) is 5.58. The summed E-state index contributed by atoms with van der Waals surface area (Å²) in [5.74, 6) is -0.547. The zero-order valence-electron chi connectivity index (χ0n) is 10.2. The van der Waals surface area contributed by atoms with E-state index < -0.39 is 17.6 Å². The van der Waals surface area contributed by atoms with Crippen molar-refractivity contribution < 1.29 is 23.1 Å². The van der Waals surface area contributed by atoms with Crippen LogP contribution in [-0.4, -0.2) is 35.6 Å². The number of aliphatic hydroxyl groups excluding tert-OH is 1. The second-order valence-electron chi connectivity index (χ2n) is 3.80. The van der Waals surface area contributed by atoms with E-state index in [1.54, 1.807) is 6.92 Å². The van der Waals surface area contributed by atoms with Crippen LogP contribution in [0, 0.1) is 0 Å². The van der Waals surface area contributed by atoms with Crippen molar-refractivity contribution in [2.45, 2.75) is 13.1 Å². The van der Waals surface area contributed by atoms with Crippen LogP contribution in [-0.2, 0) is 6.18 Å². The molecule has 0 saturated heterocycles. The first-order valence-corrected chi connectivity index (χ1v) is 6.37. The number of benzene rings is 1. The van der Waals surface area contributed by atoms with Crippen LogP contribution in [0.2, 0.25) is 0 Å². The predicted molar refractivity (Wildman–Crippen MR) is 67.8 cm³/mol. The lowest BCUT2D eigenvalue weighted by molar-refractivity contribution is -0.137. The van der Waals surface area contributed by atoms with Crippen molar-refractivity contribution in [1.82, 2.24) is 4.90 Å². The van der Waals surface area contributed by atoms with Gasteiger partial charge in [0.2, 0.25) is 0 Å². The molecule has 19 heavy (non-hydrogen) atoms. The van der Waals surface area contributed by atoms with Crippen molar-refractivity contribution in [1.29, 1.82) is 0 Å². The minimum absolute atomic E-state index is 0.0647.